The lowest BCUT2D eigenvalue weighted by Gasteiger charge is -2.33. The highest BCUT2D eigenvalue weighted by molar-refractivity contribution is 7.09. The summed E-state index contributed by atoms with van der Waals surface area (Å²) in [7, 11) is 0. The summed E-state index contributed by atoms with van der Waals surface area (Å²) < 4.78 is 44.6. The highest BCUT2D eigenvalue weighted by atomic mass is 32.1. The molecule has 152 valence electrons. The maximum absolute atomic E-state index is 12.2. The number of ether oxygens (including phenoxy) is 1. The number of alkyl halides is 3. The van der Waals surface area contributed by atoms with Crippen LogP contribution in [0.4, 0.5) is 24.0 Å². The Morgan fingerprint density at radius 1 is 1.21 bits per heavy atom. The number of nitrogens with zero attached hydrogens (tertiary/aromatic N) is 4. The van der Waals surface area contributed by atoms with Crippen molar-refractivity contribution < 1.29 is 22.7 Å². The number of hydrogen-bond donors (Lipinski definition) is 1. The van der Waals surface area contributed by atoms with E-state index in [0.717, 1.165) is 42.6 Å². The fourth-order valence-corrected chi connectivity index (χ4v) is 3.56. The smallest absolute Gasteiger partial charge is 0.406 e. The predicted octanol–water partition coefficient (Wildman–Crippen LogP) is 2.76. The van der Waals surface area contributed by atoms with Crippen molar-refractivity contribution >= 4 is 28.3 Å². The molecule has 1 aliphatic rings. The quantitative estimate of drug-likeness (QED) is 0.783. The Hall–Kier alpha value is -2.40. The Labute approximate surface area is 164 Å². The number of piperazine rings is 1. The van der Waals surface area contributed by atoms with Gasteiger partial charge in [0.2, 0.25) is 11.0 Å². The van der Waals surface area contributed by atoms with E-state index in [1.54, 1.807) is 0 Å². The minimum atomic E-state index is -4.74. The predicted molar refractivity (Wildman–Crippen MR) is 99.7 cm³/mol. The van der Waals surface area contributed by atoms with Crippen LogP contribution < -0.4 is 15.0 Å². The van der Waals surface area contributed by atoms with Gasteiger partial charge in [-0.2, -0.15) is 4.37 Å². The monoisotopic (exact) mass is 415 g/mol. The first-order valence-electron chi connectivity index (χ1n) is 8.78. The number of halogens is 3. The van der Waals surface area contributed by atoms with E-state index in [1.165, 1.54) is 23.7 Å². The number of aromatic nitrogens is 2. The number of benzene rings is 1. The van der Waals surface area contributed by atoms with E-state index in [2.05, 4.69) is 24.3 Å². The number of amides is 1. The third-order valence-electron chi connectivity index (χ3n) is 4.16. The molecule has 0 saturated carbocycles. The van der Waals surface area contributed by atoms with Crippen molar-refractivity contribution in [3.05, 3.63) is 30.1 Å². The topological polar surface area (TPSA) is 70.6 Å². The van der Waals surface area contributed by atoms with Crippen LogP contribution in [-0.2, 0) is 11.2 Å². The molecule has 7 nitrogen and oxygen atoms in total. The number of anilines is 2. The van der Waals surface area contributed by atoms with Crippen LogP contribution in [0.1, 0.15) is 12.7 Å². The van der Waals surface area contributed by atoms with Gasteiger partial charge >= 0.3 is 6.36 Å². The second kappa shape index (κ2) is 8.74. The molecule has 1 aromatic heterocycles. The van der Waals surface area contributed by atoms with Crippen molar-refractivity contribution in [2.24, 2.45) is 0 Å². The SMILES string of the molecule is CCc1nsc(N2CCN(CC(=O)Nc3ccc(OC(F)(F)F)cc3)CC2)n1. The van der Waals surface area contributed by atoms with Crippen molar-refractivity contribution in [3.63, 3.8) is 0 Å². The first kappa shape index (κ1) is 20.3. The lowest BCUT2D eigenvalue weighted by atomic mass is 10.3. The second-order valence-electron chi connectivity index (χ2n) is 6.23. The zero-order valence-electron chi connectivity index (χ0n) is 15.2. The molecule has 0 radical (unpaired) electrons. The average molecular weight is 415 g/mol. The summed E-state index contributed by atoms with van der Waals surface area (Å²) in [6.07, 6.45) is -3.93. The van der Waals surface area contributed by atoms with Gasteiger partial charge in [-0.3, -0.25) is 9.69 Å². The van der Waals surface area contributed by atoms with Crippen molar-refractivity contribution in [2.75, 3.05) is 42.9 Å². The number of rotatable bonds is 6. The van der Waals surface area contributed by atoms with E-state index >= 15 is 0 Å². The molecule has 1 amide bonds. The van der Waals surface area contributed by atoms with Crippen LogP contribution in [0.15, 0.2) is 24.3 Å². The molecule has 1 fully saturated rings. The molecule has 1 aliphatic heterocycles. The summed E-state index contributed by atoms with van der Waals surface area (Å²) in [4.78, 5) is 20.8. The Bertz CT molecular complexity index is 789. The zero-order valence-corrected chi connectivity index (χ0v) is 16.0. The van der Waals surface area contributed by atoms with Crippen molar-refractivity contribution in [1.82, 2.24) is 14.3 Å². The molecule has 28 heavy (non-hydrogen) atoms. The second-order valence-corrected chi connectivity index (χ2v) is 6.96. The van der Waals surface area contributed by atoms with Gasteiger partial charge in [0.25, 0.3) is 0 Å². The lowest BCUT2D eigenvalue weighted by molar-refractivity contribution is -0.274. The van der Waals surface area contributed by atoms with E-state index in [4.69, 9.17) is 0 Å². The normalized spacial score (nSPS) is 15.5. The summed E-state index contributed by atoms with van der Waals surface area (Å²) in [5, 5.41) is 3.59. The molecule has 0 aliphatic carbocycles. The number of aryl methyl sites for hydroxylation is 1. The van der Waals surface area contributed by atoms with Crippen molar-refractivity contribution in [3.8, 4) is 5.75 Å². The van der Waals surface area contributed by atoms with Crippen LogP contribution in [0, 0.1) is 0 Å². The molecule has 0 unspecified atom stereocenters. The van der Waals surface area contributed by atoms with Gasteiger partial charge in [0.1, 0.15) is 11.6 Å². The maximum Gasteiger partial charge on any atom is 0.573 e. The molecular weight excluding hydrogens is 395 g/mol. The molecule has 1 N–H and O–H groups in total. The zero-order chi connectivity index (χ0) is 20.1. The molecule has 11 heteroatoms. The van der Waals surface area contributed by atoms with Crippen LogP contribution in [-0.4, -0.2) is 59.3 Å². The van der Waals surface area contributed by atoms with Crippen LogP contribution in [0.2, 0.25) is 0 Å². The van der Waals surface area contributed by atoms with Gasteiger partial charge in [0.05, 0.1) is 6.54 Å². The van der Waals surface area contributed by atoms with Gasteiger partial charge in [-0.05, 0) is 24.3 Å². The summed E-state index contributed by atoms with van der Waals surface area (Å²) in [5.41, 5.74) is 0.416. The lowest BCUT2D eigenvalue weighted by Crippen LogP contribution is -2.48. The number of hydrogen-bond acceptors (Lipinski definition) is 7. The summed E-state index contributed by atoms with van der Waals surface area (Å²) >= 11 is 1.39. The molecular formula is C17H20F3N5O2S. The van der Waals surface area contributed by atoms with Gasteiger partial charge in [-0.25, -0.2) is 4.98 Å². The fraction of sp³-hybridized carbons (Fsp3) is 0.471. The van der Waals surface area contributed by atoms with E-state index in [0.29, 0.717) is 18.8 Å². The summed E-state index contributed by atoms with van der Waals surface area (Å²) in [6, 6.07) is 5.07. The highest BCUT2D eigenvalue weighted by Crippen LogP contribution is 2.24. The minimum absolute atomic E-state index is 0.213. The molecule has 2 heterocycles. The number of carbonyl (C=O) groups excluding carboxylic acids is 1. The molecule has 2 aromatic rings. The molecule has 0 spiro atoms. The molecule has 3 rings (SSSR count). The standard InChI is InChI=1S/C17H20F3N5O2S/c1-2-14-22-16(28-23-14)25-9-7-24(8-10-25)11-15(26)21-12-3-5-13(6-4-12)27-17(18,19)20/h3-6H,2,7-11H2,1H3,(H,21,26). The Balaban J connectivity index is 1.44. The average Bonchev–Trinajstić information content (AvgIpc) is 3.12. The minimum Gasteiger partial charge on any atom is -0.406 e. The van der Waals surface area contributed by atoms with E-state index in [1.807, 2.05) is 11.8 Å². The third-order valence-corrected chi connectivity index (χ3v) is 4.97. The van der Waals surface area contributed by atoms with Gasteiger partial charge in [-0.1, -0.05) is 6.92 Å². The van der Waals surface area contributed by atoms with Gasteiger partial charge in [-0.15, -0.1) is 13.2 Å². The van der Waals surface area contributed by atoms with Crippen LogP contribution in [0.5, 0.6) is 5.75 Å². The van der Waals surface area contributed by atoms with Crippen LogP contribution >= 0.6 is 11.5 Å². The summed E-state index contributed by atoms with van der Waals surface area (Å²) in [5.74, 6) is 0.292. The van der Waals surface area contributed by atoms with Gasteiger partial charge in [0, 0.05) is 49.8 Å². The largest absolute Gasteiger partial charge is 0.573 e. The first-order chi connectivity index (χ1) is 13.3. The van der Waals surface area contributed by atoms with Crippen molar-refractivity contribution in [2.45, 2.75) is 19.7 Å². The molecule has 1 aromatic carbocycles. The summed E-state index contributed by atoms with van der Waals surface area (Å²) in [6.45, 7) is 5.17. The van der Waals surface area contributed by atoms with Crippen molar-refractivity contribution in [1.29, 1.82) is 0 Å². The van der Waals surface area contributed by atoms with Gasteiger partial charge in [0.15, 0.2) is 0 Å². The fourth-order valence-electron chi connectivity index (χ4n) is 2.76. The first-order valence-corrected chi connectivity index (χ1v) is 9.55. The van der Waals surface area contributed by atoms with E-state index < -0.39 is 6.36 Å². The van der Waals surface area contributed by atoms with Gasteiger partial charge < -0.3 is 15.0 Å². The van der Waals surface area contributed by atoms with Crippen LogP contribution in [0.3, 0.4) is 0 Å². The Morgan fingerprint density at radius 2 is 1.89 bits per heavy atom. The van der Waals surface area contributed by atoms with Crippen LogP contribution in [0.25, 0.3) is 0 Å². The Morgan fingerprint density at radius 3 is 2.46 bits per heavy atom. The number of nitrogens with one attached hydrogen (secondary N) is 1. The molecule has 0 atom stereocenters. The third kappa shape index (κ3) is 5.80. The van der Waals surface area contributed by atoms with E-state index in [-0.39, 0.29) is 18.2 Å². The van der Waals surface area contributed by atoms with E-state index in [9.17, 15) is 18.0 Å². The Kier molecular flexibility index (Phi) is 6.35. The molecule has 1 saturated heterocycles. The highest BCUT2D eigenvalue weighted by Gasteiger charge is 2.31. The maximum atomic E-state index is 12.2. The molecule has 0 bridgehead atoms. The number of carbonyl (C=O) groups is 1.